The van der Waals surface area contributed by atoms with Gasteiger partial charge in [0.15, 0.2) is 0 Å². The van der Waals surface area contributed by atoms with E-state index in [-0.39, 0.29) is 6.61 Å². The molecule has 0 amide bonds. The largest absolute Gasteiger partial charge is 0.489 e. The molecule has 2 nitrogen and oxygen atoms in total. The van der Waals surface area contributed by atoms with Crippen LogP contribution in [0.25, 0.3) is 6.08 Å². The van der Waals surface area contributed by atoms with Crippen molar-refractivity contribution in [3.05, 3.63) is 71.8 Å². The van der Waals surface area contributed by atoms with Gasteiger partial charge in [-0.2, -0.15) is 0 Å². The summed E-state index contributed by atoms with van der Waals surface area (Å²) in [5.41, 5.74) is 3.11. The molecule has 18 heavy (non-hydrogen) atoms. The van der Waals surface area contributed by atoms with E-state index < -0.39 is 0 Å². The van der Waals surface area contributed by atoms with Crippen LogP contribution in [0.15, 0.2) is 55.1 Å². The summed E-state index contributed by atoms with van der Waals surface area (Å²) in [6.07, 6.45) is 1.82. The number of aliphatic hydroxyl groups is 1. The van der Waals surface area contributed by atoms with Crippen molar-refractivity contribution in [1.29, 1.82) is 0 Å². The minimum Gasteiger partial charge on any atom is -0.489 e. The van der Waals surface area contributed by atoms with Crippen LogP contribution in [0.3, 0.4) is 0 Å². The summed E-state index contributed by atoms with van der Waals surface area (Å²) in [6.45, 7) is 4.32. The Labute approximate surface area is 107 Å². The maximum atomic E-state index is 8.94. The van der Waals surface area contributed by atoms with Gasteiger partial charge in [0, 0.05) is 0 Å². The van der Waals surface area contributed by atoms with Crippen molar-refractivity contribution in [3.63, 3.8) is 0 Å². The highest BCUT2D eigenvalue weighted by Gasteiger charge is 1.97. The molecule has 0 aliphatic carbocycles. The third-order valence-electron chi connectivity index (χ3n) is 2.73. The number of benzene rings is 2. The molecular weight excluding hydrogens is 224 g/mol. The second kappa shape index (κ2) is 6.03. The zero-order valence-corrected chi connectivity index (χ0v) is 10.2. The predicted octanol–water partition coefficient (Wildman–Crippen LogP) is 3.40. The summed E-state index contributed by atoms with van der Waals surface area (Å²) in [5, 5.41) is 8.94. The topological polar surface area (TPSA) is 29.5 Å². The molecule has 0 atom stereocenters. The lowest BCUT2D eigenvalue weighted by molar-refractivity contribution is 0.280. The lowest BCUT2D eigenvalue weighted by Crippen LogP contribution is -1.95. The molecule has 0 aliphatic heterocycles. The van der Waals surface area contributed by atoms with Crippen molar-refractivity contribution >= 4 is 6.08 Å². The fourth-order valence-electron chi connectivity index (χ4n) is 1.61. The van der Waals surface area contributed by atoms with E-state index in [1.165, 1.54) is 0 Å². The van der Waals surface area contributed by atoms with Crippen LogP contribution in [0, 0.1) is 0 Å². The molecule has 0 saturated heterocycles. The standard InChI is InChI=1S/C16H16O2/c1-2-13-3-5-15(6-4-13)12-18-16-9-7-14(11-17)8-10-16/h2-10,17H,1,11-12H2. The van der Waals surface area contributed by atoms with Gasteiger partial charge in [0.25, 0.3) is 0 Å². The minimum atomic E-state index is 0.0588. The smallest absolute Gasteiger partial charge is 0.119 e. The molecule has 0 heterocycles. The molecule has 0 aliphatic rings. The molecule has 2 rings (SSSR count). The fourth-order valence-corrected chi connectivity index (χ4v) is 1.61. The highest BCUT2D eigenvalue weighted by atomic mass is 16.5. The van der Waals surface area contributed by atoms with Gasteiger partial charge in [0.2, 0.25) is 0 Å². The van der Waals surface area contributed by atoms with E-state index in [0.29, 0.717) is 6.61 Å². The average Bonchev–Trinajstić information content (AvgIpc) is 2.46. The summed E-state index contributed by atoms with van der Waals surface area (Å²) in [7, 11) is 0. The lowest BCUT2D eigenvalue weighted by atomic mass is 10.1. The Morgan fingerprint density at radius 1 is 0.944 bits per heavy atom. The Morgan fingerprint density at radius 2 is 1.56 bits per heavy atom. The molecule has 0 saturated carbocycles. The van der Waals surface area contributed by atoms with Crippen LogP contribution in [-0.4, -0.2) is 5.11 Å². The van der Waals surface area contributed by atoms with E-state index >= 15 is 0 Å². The summed E-state index contributed by atoms with van der Waals surface area (Å²) in [4.78, 5) is 0. The highest BCUT2D eigenvalue weighted by molar-refractivity contribution is 5.47. The normalized spacial score (nSPS) is 10.1. The van der Waals surface area contributed by atoms with Gasteiger partial charge in [-0.25, -0.2) is 0 Å². The molecule has 2 aromatic carbocycles. The van der Waals surface area contributed by atoms with Crippen LogP contribution in [0.1, 0.15) is 16.7 Å². The Hall–Kier alpha value is -2.06. The number of hydrogen-bond donors (Lipinski definition) is 1. The van der Waals surface area contributed by atoms with Gasteiger partial charge < -0.3 is 9.84 Å². The maximum absolute atomic E-state index is 8.94. The number of rotatable bonds is 5. The first-order valence-corrected chi connectivity index (χ1v) is 5.86. The van der Waals surface area contributed by atoms with E-state index in [4.69, 9.17) is 9.84 Å². The Kier molecular flexibility index (Phi) is 4.15. The van der Waals surface area contributed by atoms with Gasteiger partial charge in [0.1, 0.15) is 12.4 Å². The van der Waals surface area contributed by atoms with E-state index in [2.05, 4.69) is 6.58 Å². The first-order valence-electron chi connectivity index (χ1n) is 5.86. The monoisotopic (exact) mass is 240 g/mol. The molecule has 2 heteroatoms. The van der Waals surface area contributed by atoms with E-state index in [0.717, 1.165) is 22.4 Å². The molecule has 0 bridgehead atoms. The summed E-state index contributed by atoms with van der Waals surface area (Å²) in [5.74, 6) is 0.806. The molecule has 0 aromatic heterocycles. The molecular formula is C16H16O2. The molecule has 0 fully saturated rings. The second-order valence-corrected chi connectivity index (χ2v) is 4.04. The van der Waals surface area contributed by atoms with Crippen LogP contribution in [0.5, 0.6) is 5.75 Å². The number of aliphatic hydroxyl groups excluding tert-OH is 1. The third-order valence-corrected chi connectivity index (χ3v) is 2.73. The summed E-state index contributed by atoms with van der Waals surface area (Å²) in [6, 6.07) is 15.5. The van der Waals surface area contributed by atoms with Crippen molar-refractivity contribution in [2.24, 2.45) is 0 Å². The molecule has 2 aromatic rings. The SMILES string of the molecule is C=Cc1ccc(COc2ccc(CO)cc2)cc1. The maximum Gasteiger partial charge on any atom is 0.119 e. The second-order valence-electron chi connectivity index (χ2n) is 4.04. The van der Waals surface area contributed by atoms with E-state index in [1.54, 1.807) is 0 Å². The molecule has 1 N–H and O–H groups in total. The van der Waals surface area contributed by atoms with Gasteiger partial charge in [-0.15, -0.1) is 0 Å². The molecule has 92 valence electrons. The van der Waals surface area contributed by atoms with E-state index in [9.17, 15) is 0 Å². The van der Waals surface area contributed by atoms with Crippen molar-refractivity contribution in [1.82, 2.24) is 0 Å². The fraction of sp³-hybridized carbons (Fsp3) is 0.125. The van der Waals surface area contributed by atoms with Crippen molar-refractivity contribution < 1.29 is 9.84 Å². The molecule has 0 radical (unpaired) electrons. The first kappa shape index (κ1) is 12.4. The summed E-state index contributed by atoms with van der Waals surface area (Å²) >= 11 is 0. The van der Waals surface area contributed by atoms with Gasteiger partial charge in [0.05, 0.1) is 6.61 Å². The van der Waals surface area contributed by atoms with Gasteiger partial charge >= 0.3 is 0 Å². The molecule has 0 spiro atoms. The zero-order chi connectivity index (χ0) is 12.8. The Balaban J connectivity index is 1.95. The van der Waals surface area contributed by atoms with E-state index in [1.807, 2.05) is 54.6 Å². The van der Waals surface area contributed by atoms with Crippen molar-refractivity contribution in [3.8, 4) is 5.75 Å². The van der Waals surface area contributed by atoms with Gasteiger partial charge in [-0.05, 0) is 28.8 Å². The minimum absolute atomic E-state index is 0.0588. The third kappa shape index (κ3) is 3.22. The number of ether oxygens (including phenoxy) is 1. The van der Waals surface area contributed by atoms with Crippen LogP contribution in [0.4, 0.5) is 0 Å². The van der Waals surface area contributed by atoms with Crippen LogP contribution in [-0.2, 0) is 13.2 Å². The van der Waals surface area contributed by atoms with Crippen LogP contribution >= 0.6 is 0 Å². The predicted molar refractivity (Wildman–Crippen MR) is 73.2 cm³/mol. The first-order chi connectivity index (χ1) is 8.81. The quantitative estimate of drug-likeness (QED) is 0.868. The number of hydrogen-bond acceptors (Lipinski definition) is 2. The van der Waals surface area contributed by atoms with Crippen molar-refractivity contribution in [2.45, 2.75) is 13.2 Å². The molecule has 0 unspecified atom stereocenters. The Bertz CT molecular complexity index is 498. The van der Waals surface area contributed by atoms with Crippen LogP contribution in [0.2, 0.25) is 0 Å². The van der Waals surface area contributed by atoms with Gasteiger partial charge in [-0.1, -0.05) is 49.1 Å². The Morgan fingerprint density at radius 3 is 2.11 bits per heavy atom. The summed E-state index contributed by atoms with van der Waals surface area (Å²) < 4.78 is 5.66. The lowest BCUT2D eigenvalue weighted by Gasteiger charge is -2.07. The average molecular weight is 240 g/mol. The zero-order valence-electron chi connectivity index (χ0n) is 10.2. The highest BCUT2D eigenvalue weighted by Crippen LogP contribution is 2.14. The van der Waals surface area contributed by atoms with Crippen LogP contribution < -0.4 is 4.74 Å². The van der Waals surface area contributed by atoms with Gasteiger partial charge in [-0.3, -0.25) is 0 Å². The van der Waals surface area contributed by atoms with Crippen molar-refractivity contribution in [2.75, 3.05) is 0 Å².